The standard InChI is InChI=1S/C15H33NO4/c1-4-5-6-17-7-8-18-9-10-19-11-12-20-14-15(2,3)13-16/h4-14,16H2,1-3H3. The Kier molecular flexibility index (Phi) is 13.6. The van der Waals surface area contributed by atoms with E-state index in [4.69, 9.17) is 24.7 Å². The van der Waals surface area contributed by atoms with Gasteiger partial charge in [0.15, 0.2) is 0 Å². The number of rotatable bonds is 15. The molecule has 122 valence electrons. The summed E-state index contributed by atoms with van der Waals surface area (Å²) >= 11 is 0. The summed E-state index contributed by atoms with van der Waals surface area (Å²) in [5.41, 5.74) is 5.66. The first-order chi connectivity index (χ1) is 9.62. The largest absolute Gasteiger partial charge is 0.379 e. The van der Waals surface area contributed by atoms with Crippen LogP contribution in [0.4, 0.5) is 0 Å². The van der Waals surface area contributed by atoms with Crippen LogP contribution in [0.15, 0.2) is 0 Å². The van der Waals surface area contributed by atoms with Crippen LogP contribution < -0.4 is 5.73 Å². The summed E-state index contributed by atoms with van der Waals surface area (Å²) in [4.78, 5) is 0. The summed E-state index contributed by atoms with van der Waals surface area (Å²) in [5, 5.41) is 0. The number of hydrogen-bond acceptors (Lipinski definition) is 5. The number of ether oxygens (including phenoxy) is 4. The maximum atomic E-state index is 5.62. The van der Waals surface area contributed by atoms with Crippen LogP contribution in [-0.4, -0.2) is 59.4 Å². The van der Waals surface area contributed by atoms with Gasteiger partial charge in [0.05, 0.1) is 46.2 Å². The molecule has 2 N–H and O–H groups in total. The minimum atomic E-state index is 0.0425. The Labute approximate surface area is 124 Å². The highest BCUT2D eigenvalue weighted by atomic mass is 16.6. The van der Waals surface area contributed by atoms with Crippen LogP contribution in [0.2, 0.25) is 0 Å². The molecule has 0 aliphatic heterocycles. The van der Waals surface area contributed by atoms with Crippen molar-refractivity contribution in [3.05, 3.63) is 0 Å². The summed E-state index contributed by atoms with van der Waals surface area (Å²) in [7, 11) is 0. The number of hydrogen-bond donors (Lipinski definition) is 1. The van der Waals surface area contributed by atoms with Crippen LogP contribution in [0.3, 0.4) is 0 Å². The summed E-state index contributed by atoms with van der Waals surface area (Å²) in [6.45, 7) is 12.1. The van der Waals surface area contributed by atoms with Gasteiger partial charge in [-0.3, -0.25) is 0 Å². The fourth-order valence-electron chi connectivity index (χ4n) is 1.31. The van der Waals surface area contributed by atoms with E-state index in [2.05, 4.69) is 20.8 Å². The molecule has 0 unspecified atom stereocenters. The molecule has 0 aromatic rings. The Morgan fingerprint density at radius 1 is 0.750 bits per heavy atom. The molecule has 0 bridgehead atoms. The molecule has 0 heterocycles. The van der Waals surface area contributed by atoms with Gasteiger partial charge in [0, 0.05) is 12.0 Å². The second-order valence-corrected chi connectivity index (χ2v) is 5.61. The van der Waals surface area contributed by atoms with Crippen molar-refractivity contribution < 1.29 is 18.9 Å². The molecule has 0 saturated carbocycles. The second kappa shape index (κ2) is 13.8. The summed E-state index contributed by atoms with van der Waals surface area (Å²) in [6, 6.07) is 0. The lowest BCUT2D eigenvalue weighted by Gasteiger charge is -2.21. The van der Waals surface area contributed by atoms with Crippen LogP contribution in [0.25, 0.3) is 0 Å². The zero-order valence-corrected chi connectivity index (χ0v) is 13.5. The fraction of sp³-hybridized carbons (Fsp3) is 1.00. The van der Waals surface area contributed by atoms with E-state index < -0.39 is 0 Å². The van der Waals surface area contributed by atoms with Crippen molar-refractivity contribution in [2.24, 2.45) is 11.1 Å². The van der Waals surface area contributed by atoms with E-state index in [1.54, 1.807) is 0 Å². The molecule has 0 fully saturated rings. The van der Waals surface area contributed by atoms with Crippen molar-refractivity contribution >= 4 is 0 Å². The van der Waals surface area contributed by atoms with Gasteiger partial charge >= 0.3 is 0 Å². The minimum absolute atomic E-state index is 0.0425. The normalized spacial score (nSPS) is 12.0. The molecule has 0 amide bonds. The Bertz CT molecular complexity index is 200. The van der Waals surface area contributed by atoms with E-state index >= 15 is 0 Å². The Morgan fingerprint density at radius 3 is 1.65 bits per heavy atom. The maximum absolute atomic E-state index is 5.62. The predicted molar refractivity (Wildman–Crippen MR) is 81.0 cm³/mol. The quantitative estimate of drug-likeness (QED) is 0.466. The topological polar surface area (TPSA) is 62.9 Å². The van der Waals surface area contributed by atoms with Gasteiger partial charge in [-0.1, -0.05) is 27.2 Å². The zero-order valence-electron chi connectivity index (χ0n) is 13.5. The highest BCUT2D eigenvalue weighted by Crippen LogP contribution is 2.12. The fourth-order valence-corrected chi connectivity index (χ4v) is 1.31. The van der Waals surface area contributed by atoms with Crippen molar-refractivity contribution in [2.45, 2.75) is 33.6 Å². The average molecular weight is 291 g/mol. The van der Waals surface area contributed by atoms with Crippen LogP contribution in [0.5, 0.6) is 0 Å². The maximum Gasteiger partial charge on any atom is 0.0701 e. The molecule has 0 aromatic heterocycles. The zero-order chi connectivity index (χ0) is 15.1. The van der Waals surface area contributed by atoms with Gasteiger partial charge in [-0.2, -0.15) is 0 Å². The van der Waals surface area contributed by atoms with Crippen molar-refractivity contribution in [3.8, 4) is 0 Å². The van der Waals surface area contributed by atoms with Gasteiger partial charge in [0.2, 0.25) is 0 Å². The molecule has 0 atom stereocenters. The molecule has 5 heteroatoms. The summed E-state index contributed by atoms with van der Waals surface area (Å²) < 4.78 is 21.7. The number of nitrogens with two attached hydrogens (primary N) is 1. The van der Waals surface area contributed by atoms with E-state index in [1.807, 2.05) is 0 Å². The SMILES string of the molecule is CCCCOCCOCCOCCOCC(C)(C)CN. The summed E-state index contributed by atoms with van der Waals surface area (Å²) in [6.07, 6.45) is 2.28. The van der Waals surface area contributed by atoms with Gasteiger partial charge in [-0.15, -0.1) is 0 Å². The molecule has 0 spiro atoms. The minimum Gasteiger partial charge on any atom is -0.379 e. The van der Waals surface area contributed by atoms with Crippen LogP contribution in [0, 0.1) is 5.41 Å². The third kappa shape index (κ3) is 14.2. The molecular weight excluding hydrogens is 258 g/mol. The van der Waals surface area contributed by atoms with Crippen molar-refractivity contribution in [2.75, 3.05) is 59.4 Å². The number of unbranched alkanes of at least 4 members (excludes halogenated alkanes) is 1. The lowest BCUT2D eigenvalue weighted by molar-refractivity contribution is -0.0119. The highest BCUT2D eigenvalue weighted by Gasteiger charge is 2.14. The predicted octanol–water partition coefficient (Wildman–Crippen LogP) is 1.84. The van der Waals surface area contributed by atoms with Gasteiger partial charge < -0.3 is 24.7 Å². The molecule has 0 saturated heterocycles. The Balaban J connectivity index is 3.06. The first-order valence-corrected chi connectivity index (χ1v) is 7.63. The van der Waals surface area contributed by atoms with Crippen molar-refractivity contribution in [1.82, 2.24) is 0 Å². The average Bonchev–Trinajstić information content (AvgIpc) is 2.44. The lowest BCUT2D eigenvalue weighted by Crippen LogP contribution is -2.29. The van der Waals surface area contributed by atoms with Gasteiger partial charge in [-0.05, 0) is 13.0 Å². The summed E-state index contributed by atoms with van der Waals surface area (Å²) in [5.74, 6) is 0. The molecule has 0 radical (unpaired) electrons. The third-order valence-corrected chi connectivity index (χ3v) is 2.80. The van der Waals surface area contributed by atoms with Crippen LogP contribution in [0.1, 0.15) is 33.6 Å². The van der Waals surface area contributed by atoms with Crippen molar-refractivity contribution in [1.29, 1.82) is 0 Å². The molecule has 0 aromatic carbocycles. The molecule has 20 heavy (non-hydrogen) atoms. The molecular formula is C15H33NO4. The Hall–Kier alpha value is -0.200. The van der Waals surface area contributed by atoms with E-state index in [1.165, 1.54) is 6.42 Å². The van der Waals surface area contributed by atoms with Gasteiger partial charge in [-0.25, -0.2) is 0 Å². The third-order valence-electron chi connectivity index (χ3n) is 2.80. The molecule has 0 aliphatic carbocycles. The van der Waals surface area contributed by atoms with E-state index in [0.717, 1.165) is 13.0 Å². The first kappa shape index (κ1) is 19.8. The van der Waals surface area contributed by atoms with Gasteiger partial charge in [0.1, 0.15) is 0 Å². The monoisotopic (exact) mass is 291 g/mol. The van der Waals surface area contributed by atoms with Crippen molar-refractivity contribution in [3.63, 3.8) is 0 Å². The highest BCUT2D eigenvalue weighted by molar-refractivity contribution is 4.67. The van der Waals surface area contributed by atoms with E-state index in [-0.39, 0.29) is 5.41 Å². The molecule has 0 aliphatic rings. The molecule has 5 nitrogen and oxygen atoms in total. The van der Waals surface area contributed by atoms with E-state index in [9.17, 15) is 0 Å². The second-order valence-electron chi connectivity index (χ2n) is 5.61. The van der Waals surface area contributed by atoms with Gasteiger partial charge in [0.25, 0.3) is 0 Å². The Morgan fingerprint density at radius 2 is 1.20 bits per heavy atom. The van der Waals surface area contributed by atoms with Crippen LogP contribution in [-0.2, 0) is 18.9 Å². The van der Waals surface area contributed by atoms with Crippen LogP contribution >= 0.6 is 0 Å². The smallest absolute Gasteiger partial charge is 0.0701 e. The van der Waals surface area contributed by atoms with E-state index in [0.29, 0.717) is 52.8 Å². The lowest BCUT2D eigenvalue weighted by atomic mass is 9.95. The first-order valence-electron chi connectivity index (χ1n) is 7.63. The molecule has 0 rings (SSSR count).